The van der Waals surface area contributed by atoms with Gasteiger partial charge in [0, 0.05) is 0 Å². The summed E-state index contributed by atoms with van der Waals surface area (Å²) in [4.78, 5) is 10.7. The van der Waals surface area contributed by atoms with Gasteiger partial charge in [0.15, 0.2) is 0 Å². The van der Waals surface area contributed by atoms with Crippen molar-refractivity contribution in [2.75, 3.05) is 13.2 Å². The Morgan fingerprint density at radius 2 is 2.56 bits per heavy atom. The minimum absolute atomic E-state index is 0.0579. The molecule has 3 nitrogen and oxygen atoms in total. The second kappa shape index (κ2) is 2.69. The molecule has 0 amide bonds. The van der Waals surface area contributed by atoms with E-state index in [2.05, 4.69) is 20.7 Å². The van der Waals surface area contributed by atoms with Crippen molar-refractivity contribution in [3.63, 3.8) is 0 Å². The van der Waals surface area contributed by atoms with E-state index in [0.717, 1.165) is 0 Å². The van der Waals surface area contributed by atoms with Crippen LogP contribution >= 0.6 is 0 Å². The maximum absolute atomic E-state index is 10.6. The summed E-state index contributed by atoms with van der Waals surface area (Å²) in [6, 6.07) is 0. The molecule has 2 atom stereocenters. The third-order valence-corrected chi connectivity index (χ3v) is 2.31. The molecule has 1 radical (unpaired) electrons. The molecule has 2 unspecified atom stereocenters. The first-order valence-corrected chi connectivity index (χ1v) is 3.68. The topological polar surface area (TPSA) is 46.5 Å². The SMILES string of the molecule is O=C1OCC([Se])C1CO. The summed E-state index contributed by atoms with van der Waals surface area (Å²) < 4.78 is 4.64. The van der Waals surface area contributed by atoms with Crippen LogP contribution in [0, 0.1) is 5.92 Å². The van der Waals surface area contributed by atoms with Gasteiger partial charge in [-0.25, -0.2) is 0 Å². The molecule has 1 saturated heterocycles. The Morgan fingerprint density at radius 1 is 1.89 bits per heavy atom. The molecule has 1 aliphatic heterocycles. The van der Waals surface area contributed by atoms with Crippen LogP contribution in [-0.2, 0) is 9.53 Å². The summed E-state index contributed by atoms with van der Waals surface area (Å²) in [6.07, 6.45) is 0. The molecule has 0 aromatic heterocycles. The van der Waals surface area contributed by atoms with E-state index in [4.69, 9.17) is 5.11 Å². The molecule has 4 heteroatoms. The number of rotatable bonds is 1. The van der Waals surface area contributed by atoms with Gasteiger partial charge in [-0.2, -0.15) is 0 Å². The van der Waals surface area contributed by atoms with Crippen LogP contribution in [0.2, 0.25) is 4.82 Å². The number of hydrogen-bond donors (Lipinski definition) is 1. The Kier molecular flexibility index (Phi) is 2.11. The van der Waals surface area contributed by atoms with Crippen LogP contribution in [0.3, 0.4) is 0 Å². The molecule has 0 aliphatic carbocycles. The van der Waals surface area contributed by atoms with Gasteiger partial charge in [0.1, 0.15) is 0 Å². The zero-order valence-electron chi connectivity index (χ0n) is 4.74. The van der Waals surface area contributed by atoms with Gasteiger partial charge >= 0.3 is 60.6 Å². The van der Waals surface area contributed by atoms with Crippen molar-refractivity contribution >= 4 is 22.0 Å². The minimum atomic E-state index is -0.329. The zero-order valence-corrected chi connectivity index (χ0v) is 6.45. The van der Waals surface area contributed by atoms with Crippen molar-refractivity contribution in [2.45, 2.75) is 4.82 Å². The molecule has 1 aliphatic rings. The summed E-state index contributed by atoms with van der Waals surface area (Å²) in [5.41, 5.74) is 0. The molecule has 1 heterocycles. The number of carbonyl (C=O) groups excluding carboxylic acids is 1. The van der Waals surface area contributed by atoms with Crippen molar-refractivity contribution in [2.24, 2.45) is 5.92 Å². The molecule has 1 rings (SSSR count). The van der Waals surface area contributed by atoms with Crippen LogP contribution in [0.4, 0.5) is 0 Å². The molecule has 0 spiro atoms. The Morgan fingerprint density at radius 3 is 2.78 bits per heavy atom. The summed E-state index contributed by atoms with van der Waals surface area (Å²) >= 11 is 2.76. The number of aliphatic hydroxyl groups is 1. The monoisotopic (exact) mass is 195 g/mol. The molecule has 0 bridgehead atoms. The number of cyclic esters (lactones) is 1. The van der Waals surface area contributed by atoms with Crippen molar-refractivity contribution in [1.29, 1.82) is 0 Å². The molecule has 51 valence electrons. The van der Waals surface area contributed by atoms with Crippen molar-refractivity contribution in [3.8, 4) is 0 Å². The van der Waals surface area contributed by atoms with Gasteiger partial charge in [-0.1, -0.05) is 0 Å². The summed E-state index contributed by atoms with van der Waals surface area (Å²) in [5, 5.41) is 8.59. The average Bonchev–Trinajstić information content (AvgIpc) is 2.12. The van der Waals surface area contributed by atoms with Gasteiger partial charge in [-0.05, 0) is 0 Å². The first-order valence-electron chi connectivity index (χ1n) is 2.69. The number of esters is 1. The van der Waals surface area contributed by atoms with E-state index in [1.54, 1.807) is 0 Å². The van der Waals surface area contributed by atoms with E-state index in [0.29, 0.717) is 6.61 Å². The Labute approximate surface area is 61.2 Å². The molecule has 0 aromatic carbocycles. The molecular formula is C5H7O3Se. The number of aliphatic hydroxyl groups excluding tert-OH is 1. The zero-order chi connectivity index (χ0) is 6.85. The first-order chi connectivity index (χ1) is 4.25. The first kappa shape index (κ1) is 7.06. The molecule has 9 heavy (non-hydrogen) atoms. The maximum atomic E-state index is 10.6. The Bertz CT molecular complexity index is 125. The molecule has 0 aromatic rings. The third kappa shape index (κ3) is 1.26. The molecule has 1 fully saturated rings. The van der Waals surface area contributed by atoms with E-state index >= 15 is 0 Å². The molecule has 1 N–H and O–H groups in total. The van der Waals surface area contributed by atoms with Crippen LogP contribution in [0.15, 0.2) is 0 Å². The predicted octanol–water partition coefficient (Wildman–Crippen LogP) is -0.891. The van der Waals surface area contributed by atoms with E-state index < -0.39 is 0 Å². The quantitative estimate of drug-likeness (QED) is 0.435. The number of carbonyl (C=O) groups is 1. The van der Waals surface area contributed by atoms with E-state index in [-0.39, 0.29) is 23.3 Å². The standard InChI is InChI=1S/C5H7O3Se/c6-1-3-4(9)2-8-5(3)7/h3-4,6H,1-2H2. The molecule has 0 saturated carbocycles. The fourth-order valence-electron chi connectivity index (χ4n) is 0.731. The number of hydrogen-bond acceptors (Lipinski definition) is 3. The second-order valence-corrected chi connectivity index (χ2v) is 3.23. The van der Waals surface area contributed by atoms with Crippen LogP contribution in [-0.4, -0.2) is 40.3 Å². The fourth-order valence-corrected chi connectivity index (χ4v) is 1.29. The molecular weight excluding hydrogens is 187 g/mol. The van der Waals surface area contributed by atoms with Gasteiger partial charge in [-0.3, -0.25) is 0 Å². The predicted molar refractivity (Wildman–Crippen MR) is 31.0 cm³/mol. The van der Waals surface area contributed by atoms with E-state index in [1.165, 1.54) is 0 Å². The van der Waals surface area contributed by atoms with Gasteiger partial charge in [-0.15, -0.1) is 0 Å². The summed E-state index contributed by atoms with van der Waals surface area (Å²) in [7, 11) is 0. The average molecular weight is 194 g/mol. The van der Waals surface area contributed by atoms with Gasteiger partial charge in [0.05, 0.1) is 0 Å². The Hall–Kier alpha value is -0.0505. The number of ether oxygens (including phenoxy) is 1. The van der Waals surface area contributed by atoms with Crippen LogP contribution < -0.4 is 0 Å². The van der Waals surface area contributed by atoms with Crippen molar-refractivity contribution < 1.29 is 14.6 Å². The van der Waals surface area contributed by atoms with Gasteiger partial charge in [0.2, 0.25) is 0 Å². The van der Waals surface area contributed by atoms with E-state index in [1.807, 2.05) is 0 Å². The van der Waals surface area contributed by atoms with Gasteiger partial charge in [0.25, 0.3) is 0 Å². The summed E-state index contributed by atoms with van der Waals surface area (Å²) in [5.74, 6) is -0.619. The fraction of sp³-hybridized carbons (Fsp3) is 0.800. The van der Waals surface area contributed by atoms with Gasteiger partial charge < -0.3 is 0 Å². The van der Waals surface area contributed by atoms with Crippen molar-refractivity contribution in [3.05, 3.63) is 0 Å². The normalized spacial score (nSPS) is 34.7. The second-order valence-electron chi connectivity index (χ2n) is 1.96. The third-order valence-electron chi connectivity index (χ3n) is 1.34. The summed E-state index contributed by atoms with van der Waals surface area (Å²) in [6.45, 7) is 0.292. The Balaban J connectivity index is 2.55. The van der Waals surface area contributed by atoms with Crippen LogP contribution in [0.5, 0.6) is 0 Å². The van der Waals surface area contributed by atoms with Crippen molar-refractivity contribution in [1.82, 2.24) is 0 Å². The van der Waals surface area contributed by atoms with Crippen LogP contribution in [0.1, 0.15) is 0 Å². The van der Waals surface area contributed by atoms with E-state index in [9.17, 15) is 4.79 Å². The van der Waals surface area contributed by atoms with Crippen LogP contribution in [0.25, 0.3) is 0 Å².